The van der Waals surface area contributed by atoms with Crippen molar-refractivity contribution in [2.45, 2.75) is 39.0 Å². The lowest BCUT2D eigenvalue weighted by atomic mass is 10.1. The summed E-state index contributed by atoms with van der Waals surface area (Å²) >= 11 is 5.41. The van der Waals surface area contributed by atoms with Gasteiger partial charge in [-0.2, -0.15) is 0 Å². The third kappa shape index (κ3) is 8.45. The zero-order valence-corrected chi connectivity index (χ0v) is 17.3. The van der Waals surface area contributed by atoms with Gasteiger partial charge in [0.15, 0.2) is 5.05 Å². The summed E-state index contributed by atoms with van der Waals surface area (Å²) in [6.07, 6.45) is 5.96. The fourth-order valence-electron chi connectivity index (χ4n) is 2.75. The minimum absolute atomic E-state index is 0. The molecular formula is C18H30Cl2N2O2S. The molecule has 1 aromatic carbocycles. The topological polar surface area (TPSA) is 47.7 Å². The number of likely N-dealkylation sites (tertiary alicyclic amines) is 1. The summed E-state index contributed by atoms with van der Waals surface area (Å²) in [5.41, 5.74) is 7.33. The number of rotatable bonds is 8. The normalized spacial score (nSPS) is 14.1. The quantitative estimate of drug-likeness (QED) is 0.390. The fraction of sp³-hybridized carbons (Fsp3) is 0.611. The van der Waals surface area contributed by atoms with E-state index in [1.165, 1.54) is 32.4 Å². The van der Waals surface area contributed by atoms with Crippen molar-refractivity contribution in [2.24, 2.45) is 0 Å². The van der Waals surface area contributed by atoms with Crippen molar-refractivity contribution in [3.63, 3.8) is 0 Å². The van der Waals surface area contributed by atoms with Gasteiger partial charge in [0, 0.05) is 18.3 Å². The van der Waals surface area contributed by atoms with Gasteiger partial charge in [-0.05, 0) is 63.1 Å². The summed E-state index contributed by atoms with van der Waals surface area (Å²) in [6.45, 7) is 6.89. The van der Waals surface area contributed by atoms with Crippen LogP contribution in [0, 0.1) is 0 Å². The lowest BCUT2D eigenvalue weighted by Crippen LogP contribution is -2.31. The van der Waals surface area contributed by atoms with E-state index in [0.29, 0.717) is 29.7 Å². The molecule has 1 saturated heterocycles. The van der Waals surface area contributed by atoms with Crippen molar-refractivity contribution in [1.82, 2.24) is 4.90 Å². The van der Waals surface area contributed by atoms with Gasteiger partial charge < -0.3 is 20.1 Å². The molecule has 1 aliphatic heterocycles. The molecule has 0 aromatic heterocycles. The Morgan fingerprint density at radius 1 is 1.16 bits per heavy atom. The molecule has 0 amide bonds. The standard InChI is InChI=1S/C18H28N2O2S.2ClH/c1-2-12-21-17-14-15(19)7-8-16(17)18(23)22-13-6-11-20-9-4-3-5-10-20;;/h7-8,14H,2-6,9-13,19H2,1H3;2*1H. The van der Waals surface area contributed by atoms with E-state index in [-0.39, 0.29) is 24.8 Å². The van der Waals surface area contributed by atoms with E-state index in [1.54, 1.807) is 0 Å². The van der Waals surface area contributed by atoms with Crippen LogP contribution in [0.25, 0.3) is 0 Å². The predicted octanol–water partition coefficient (Wildman–Crippen LogP) is 4.47. The maximum absolute atomic E-state index is 5.83. The monoisotopic (exact) mass is 408 g/mol. The molecule has 2 rings (SSSR count). The first-order chi connectivity index (χ1) is 11.2. The Morgan fingerprint density at radius 2 is 1.88 bits per heavy atom. The van der Waals surface area contributed by atoms with E-state index in [1.807, 2.05) is 18.2 Å². The van der Waals surface area contributed by atoms with Crippen molar-refractivity contribution in [3.8, 4) is 5.75 Å². The molecule has 144 valence electrons. The molecule has 0 saturated carbocycles. The van der Waals surface area contributed by atoms with Gasteiger partial charge in [0.05, 0.1) is 18.8 Å². The van der Waals surface area contributed by atoms with Gasteiger partial charge in [0.2, 0.25) is 0 Å². The van der Waals surface area contributed by atoms with Crippen LogP contribution >= 0.6 is 37.0 Å². The Kier molecular flexibility index (Phi) is 13.0. The Hall–Kier alpha value is -0.750. The summed E-state index contributed by atoms with van der Waals surface area (Å²) < 4.78 is 11.5. The van der Waals surface area contributed by atoms with Crippen LogP contribution in [0.3, 0.4) is 0 Å². The number of nitrogen functional groups attached to an aromatic ring is 1. The first kappa shape index (κ1) is 24.2. The van der Waals surface area contributed by atoms with Crippen LogP contribution in [0.4, 0.5) is 5.69 Å². The zero-order chi connectivity index (χ0) is 16.5. The van der Waals surface area contributed by atoms with Gasteiger partial charge in [-0.1, -0.05) is 13.3 Å². The van der Waals surface area contributed by atoms with E-state index in [9.17, 15) is 0 Å². The third-order valence-electron chi connectivity index (χ3n) is 3.99. The van der Waals surface area contributed by atoms with Gasteiger partial charge in [0.1, 0.15) is 5.75 Å². The first-order valence-electron chi connectivity index (χ1n) is 8.62. The molecule has 0 bridgehead atoms. The lowest BCUT2D eigenvalue weighted by Gasteiger charge is -2.26. The molecule has 0 spiro atoms. The summed E-state index contributed by atoms with van der Waals surface area (Å²) in [5.74, 6) is 0.716. The van der Waals surface area contributed by atoms with Gasteiger partial charge in [0.25, 0.3) is 0 Å². The Balaban J connectivity index is 0.00000288. The summed E-state index contributed by atoms with van der Waals surface area (Å²) in [5, 5.41) is 0.495. The van der Waals surface area contributed by atoms with Crippen molar-refractivity contribution >= 4 is 47.8 Å². The zero-order valence-electron chi connectivity index (χ0n) is 14.9. The highest BCUT2D eigenvalue weighted by Crippen LogP contribution is 2.23. The number of halogens is 2. The molecule has 0 radical (unpaired) electrons. The fourth-order valence-corrected chi connectivity index (χ4v) is 3.00. The second-order valence-electron chi connectivity index (χ2n) is 6.00. The molecule has 1 aromatic rings. The van der Waals surface area contributed by atoms with Gasteiger partial charge in [-0.15, -0.1) is 24.8 Å². The number of nitrogens with zero attached hydrogens (tertiary/aromatic N) is 1. The van der Waals surface area contributed by atoms with Crippen molar-refractivity contribution in [1.29, 1.82) is 0 Å². The van der Waals surface area contributed by atoms with E-state index in [2.05, 4.69) is 11.8 Å². The average molecular weight is 409 g/mol. The van der Waals surface area contributed by atoms with Crippen LogP contribution in [-0.4, -0.2) is 42.8 Å². The SMILES string of the molecule is CCCOc1cc(N)ccc1C(=S)OCCCN1CCCCC1.Cl.Cl. The number of nitrogens with two attached hydrogens (primary N) is 1. The highest BCUT2D eigenvalue weighted by Gasteiger charge is 2.12. The number of thiocarbonyl (C=S) groups is 1. The van der Waals surface area contributed by atoms with Gasteiger partial charge >= 0.3 is 0 Å². The Labute approximate surface area is 169 Å². The number of hydrogen-bond donors (Lipinski definition) is 1. The van der Waals surface area contributed by atoms with Crippen LogP contribution in [0.5, 0.6) is 5.75 Å². The first-order valence-corrected chi connectivity index (χ1v) is 9.03. The average Bonchev–Trinajstić information content (AvgIpc) is 2.57. The third-order valence-corrected chi connectivity index (χ3v) is 4.33. The number of anilines is 1. The molecule has 1 fully saturated rings. The highest BCUT2D eigenvalue weighted by molar-refractivity contribution is 7.80. The van der Waals surface area contributed by atoms with E-state index >= 15 is 0 Å². The Bertz CT molecular complexity index is 512. The molecule has 4 nitrogen and oxygen atoms in total. The maximum atomic E-state index is 5.83. The molecule has 0 unspecified atom stereocenters. The van der Waals surface area contributed by atoms with E-state index < -0.39 is 0 Å². The number of hydrogen-bond acceptors (Lipinski definition) is 5. The van der Waals surface area contributed by atoms with E-state index in [0.717, 1.165) is 24.9 Å². The summed E-state index contributed by atoms with van der Waals surface area (Å²) in [6, 6.07) is 5.53. The lowest BCUT2D eigenvalue weighted by molar-refractivity contribution is 0.203. The van der Waals surface area contributed by atoms with Gasteiger partial charge in [-0.25, -0.2) is 0 Å². The molecule has 2 N–H and O–H groups in total. The summed E-state index contributed by atoms with van der Waals surface area (Å²) in [4.78, 5) is 2.51. The van der Waals surface area contributed by atoms with Crippen molar-refractivity contribution < 1.29 is 9.47 Å². The van der Waals surface area contributed by atoms with Crippen LogP contribution in [-0.2, 0) is 4.74 Å². The Morgan fingerprint density at radius 3 is 2.56 bits per heavy atom. The largest absolute Gasteiger partial charge is 0.493 e. The van der Waals surface area contributed by atoms with Crippen LogP contribution < -0.4 is 10.5 Å². The molecule has 0 atom stereocenters. The molecule has 25 heavy (non-hydrogen) atoms. The number of benzene rings is 1. The van der Waals surface area contributed by atoms with Crippen LogP contribution in [0.2, 0.25) is 0 Å². The summed E-state index contributed by atoms with van der Waals surface area (Å²) in [7, 11) is 0. The second-order valence-corrected chi connectivity index (χ2v) is 6.37. The smallest absolute Gasteiger partial charge is 0.194 e. The minimum Gasteiger partial charge on any atom is -0.493 e. The molecule has 7 heteroatoms. The van der Waals surface area contributed by atoms with Crippen molar-refractivity contribution in [2.75, 3.05) is 38.6 Å². The number of ether oxygens (including phenoxy) is 2. The molecule has 1 heterocycles. The maximum Gasteiger partial charge on any atom is 0.194 e. The second kappa shape index (κ2) is 13.5. The predicted molar refractivity (Wildman–Crippen MR) is 114 cm³/mol. The molecule has 1 aliphatic rings. The molecular weight excluding hydrogens is 379 g/mol. The number of piperidine rings is 1. The van der Waals surface area contributed by atoms with Crippen molar-refractivity contribution in [3.05, 3.63) is 23.8 Å². The van der Waals surface area contributed by atoms with Crippen LogP contribution in [0.15, 0.2) is 18.2 Å². The van der Waals surface area contributed by atoms with Gasteiger partial charge in [-0.3, -0.25) is 0 Å². The van der Waals surface area contributed by atoms with E-state index in [4.69, 9.17) is 27.4 Å². The minimum atomic E-state index is 0. The highest BCUT2D eigenvalue weighted by atomic mass is 35.5. The van der Waals surface area contributed by atoms with Crippen LogP contribution in [0.1, 0.15) is 44.6 Å². The molecule has 0 aliphatic carbocycles.